The standard InChI is InChI=1S/C14H17N9O3S/c15-4-9-5-20-13(8-18-9)21-12-3-11(14(23-22-12)27(16,24)25)19-7-10-6-17-1-2-26-10/h3,5,8,10,17H,1-2,6-7H2,(H2,16,24,25)(H2,19,20,21,22). The second-order valence-corrected chi connectivity index (χ2v) is 7.07. The zero-order valence-electron chi connectivity index (χ0n) is 14.1. The molecule has 142 valence electrons. The zero-order valence-corrected chi connectivity index (χ0v) is 14.9. The highest BCUT2D eigenvalue weighted by Crippen LogP contribution is 2.21. The molecular formula is C14H17N9O3S. The molecule has 2 aromatic heterocycles. The summed E-state index contributed by atoms with van der Waals surface area (Å²) in [4.78, 5) is 7.89. The van der Waals surface area contributed by atoms with Gasteiger partial charge in [0.25, 0.3) is 10.0 Å². The van der Waals surface area contributed by atoms with Gasteiger partial charge >= 0.3 is 0 Å². The summed E-state index contributed by atoms with van der Waals surface area (Å²) in [5.74, 6) is 0.545. The van der Waals surface area contributed by atoms with Crippen LogP contribution >= 0.6 is 0 Å². The highest BCUT2D eigenvalue weighted by molar-refractivity contribution is 7.89. The second kappa shape index (κ2) is 8.18. The van der Waals surface area contributed by atoms with Gasteiger partial charge in [-0.05, 0) is 0 Å². The second-order valence-electron chi connectivity index (χ2n) is 5.59. The van der Waals surface area contributed by atoms with Gasteiger partial charge in [0.2, 0.25) is 5.03 Å². The lowest BCUT2D eigenvalue weighted by Crippen LogP contribution is -2.42. The van der Waals surface area contributed by atoms with Gasteiger partial charge in [-0.15, -0.1) is 10.2 Å². The number of hydrogen-bond donors (Lipinski definition) is 4. The van der Waals surface area contributed by atoms with Crippen molar-refractivity contribution in [3.8, 4) is 6.07 Å². The van der Waals surface area contributed by atoms with Crippen molar-refractivity contribution in [1.82, 2.24) is 25.5 Å². The Morgan fingerprint density at radius 3 is 2.81 bits per heavy atom. The fourth-order valence-corrected chi connectivity index (χ4v) is 2.93. The molecule has 5 N–H and O–H groups in total. The molecule has 3 heterocycles. The summed E-state index contributed by atoms with van der Waals surface area (Å²) in [6.07, 6.45) is 2.52. The number of sulfonamides is 1. The zero-order chi connectivity index (χ0) is 19.3. The van der Waals surface area contributed by atoms with E-state index in [1.54, 1.807) is 0 Å². The largest absolute Gasteiger partial charge is 0.380 e. The number of nitrogens with two attached hydrogens (primary N) is 1. The SMILES string of the molecule is N#Cc1cnc(Nc2cc(NCC3CNCCO3)c(S(N)(=O)=O)nn2)cn1. The van der Waals surface area contributed by atoms with E-state index in [1.807, 2.05) is 6.07 Å². The molecule has 1 fully saturated rings. The van der Waals surface area contributed by atoms with Gasteiger partial charge in [0.15, 0.2) is 11.5 Å². The summed E-state index contributed by atoms with van der Waals surface area (Å²) in [5, 5.41) is 30.1. The summed E-state index contributed by atoms with van der Waals surface area (Å²) in [6, 6.07) is 3.31. The van der Waals surface area contributed by atoms with Gasteiger partial charge in [0, 0.05) is 25.7 Å². The van der Waals surface area contributed by atoms with Crippen molar-refractivity contribution in [2.45, 2.75) is 11.1 Å². The normalized spacial score (nSPS) is 17.1. The van der Waals surface area contributed by atoms with E-state index < -0.39 is 10.0 Å². The van der Waals surface area contributed by atoms with E-state index in [0.717, 1.165) is 6.54 Å². The number of ether oxygens (including phenoxy) is 1. The first-order chi connectivity index (χ1) is 13.0. The maximum Gasteiger partial charge on any atom is 0.259 e. The maximum atomic E-state index is 11.8. The van der Waals surface area contributed by atoms with Gasteiger partial charge in [0.1, 0.15) is 11.9 Å². The van der Waals surface area contributed by atoms with Crippen LogP contribution in [-0.2, 0) is 14.8 Å². The van der Waals surface area contributed by atoms with Crippen molar-refractivity contribution in [3.63, 3.8) is 0 Å². The number of nitrogens with zero attached hydrogens (tertiary/aromatic N) is 5. The minimum Gasteiger partial charge on any atom is -0.380 e. The first-order valence-electron chi connectivity index (χ1n) is 7.91. The van der Waals surface area contributed by atoms with Crippen LogP contribution in [0, 0.1) is 11.3 Å². The molecule has 0 bridgehead atoms. The van der Waals surface area contributed by atoms with Crippen LogP contribution in [0.5, 0.6) is 0 Å². The molecule has 0 aromatic carbocycles. The molecule has 3 rings (SSSR count). The molecule has 12 nitrogen and oxygen atoms in total. The third-order valence-electron chi connectivity index (χ3n) is 3.58. The lowest BCUT2D eigenvalue weighted by atomic mass is 10.3. The molecule has 27 heavy (non-hydrogen) atoms. The Balaban J connectivity index is 1.79. The molecule has 0 radical (unpaired) electrons. The monoisotopic (exact) mass is 391 g/mol. The van der Waals surface area contributed by atoms with Crippen molar-refractivity contribution in [1.29, 1.82) is 5.26 Å². The molecule has 0 spiro atoms. The van der Waals surface area contributed by atoms with Gasteiger partial charge in [0.05, 0.1) is 30.8 Å². The number of morpholine rings is 1. The highest BCUT2D eigenvalue weighted by Gasteiger charge is 2.20. The molecule has 1 saturated heterocycles. The molecule has 1 aliphatic rings. The van der Waals surface area contributed by atoms with E-state index in [1.165, 1.54) is 18.5 Å². The van der Waals surface area contributed by atoms with Crippen LogP contribution in [0.1, 0.15) is 5.69 Å². The Morgan fingerprint density at radius 2 is 2.19 bits per heavy atom. The van der Waals surface area contributed by atoms with E-state index in [4.69, 9.17) is 15.1 Å². The summed E-state index contributed by atoms with van der Waals surface area (Å²) < 4.78 is 29.1. The number of nitriles is 1. The first-order valence-corrected chi connectivity index (χ1v) is 9.46. The molecule has 13 heteroatoms. The average Bonchev–Trinajstić information content (AvgIpc) is 2.67. The molecule has 2 aromatic rings. The van der Waals surface area contributed by atoms with E-state index in [2.05, 4.69) is 36.1 Å². The molecule has 1 unspecified atom stereocenters. The van der Waals surface area contributed by atoms with Crippen molar-refractivity contribution >= 4 is 27.3 Å². The van der Waals surface area contributed by atoms with Crippen molar-refractivity contribution in [3.05, 3.63) is 24.2 Å². The Kier molecular flexibility index (Phi) is 5.72. The fourth-order valence-electron chi connectivity index (χ4n) is 2.33. The Labute approximate surface area is 155 Å². The number of hydrogen-bond acceptors (Lipinski definition) is 11. The van der Waals surface area contributed by atoms with Crippen molar-refractivity contribution < 1.29 is 13.2 Å². The number of rotatable bonds is 6. The van der Waals surface area contributed by atoms with Gasteiger partial charge < -0.3 is 20.7 Å². The van der Waals surface area contributed by atoms with E-state index in [0.29, 0.717) is 25.5 Å². The summed E-state index contributed by atoms with van der Waals surface area (Å²) in [5.41, 5.74) is 0.352. The molecular weight excluding hydrogens is 374 g/mol. The van der Waals surface area contributed by atoms with Gasteiger partial charge in [-0.1, -0.05) is 0 Å². The van der Waals surface area contributed by atoms with Crippen LogP contribution in [0.4, 0.5) is 17.3 Å². The lowest BCUT2D eigenvalue weighted by Gasteiger charge is -2.24. The summed E-state index contributed by atoms with van der Waals surface area (Å²) >= 11 is 0. The molecule has 0 aliphatic carbocycles. The van der Waals surface area contributed by atoms with Crippen LogP contribution in [-0.4, -0.2) is 60.9 Å². The van der Waals surface area contributed by atoms with Crippen LogP contribution in [0.3, 0.4) is 0 Å². The first kappa shape index (κ1) is 18.9. The average molecular weight is 391 g/mol. The summed E-state index contributed by atoms with van der Waals surface area (Å²) in [6.45, 7) is 2.35. The smallest absolute Gasteiger partial charge is 0.259 e. The minimum atomic E-state index is -4.07. The predicted octanol–water partition coefficient (Wildman–Crippen LogP) is -1.07. The Morgan fingerprint density at radius 1 is 1.33 bits per heavy atom. The van der Waals surface area contributed by atoms with E-state index in [9.17, 15) is 8.42 Å². The topological polar surface area (TPSA) is 181 Å². The maximum absolute atomic E-state index is 11.8. The Hall–Kier alpha value is -2.92. The third kappa shape index (κ3) is 5.05. The summed E-state index contributed by atoms with van der Waals surface area (Å²) in [7, 11) is -4.07. The Bertz CT molecular complexity index is 937. The highest BCUT2D eigenvalue weighted by atomic mass is 32.2. The van der Waals surface area contributed by atoms with Gasteiger partial charge in [-0.2, -0.15) is 5.26 Å². The van der Waals surface area contributed by atoms with Crippen LogP contribution < -0.4 is 21.1 Å². The van der Waals surface area contributed by atoms with E-state index in [-0.39, 0.29) is 28.3 Å². The fraction of sp³-hybridized carbons (Fsp3) is 0.357. The number of anilines is 3. The van der Waals surface area contributed by atoms with Crippen LogP contribution in [0.2, 0.25) is 0 Å². The van der Waals surface area contributed by atoms with Crippen LogP contribution in [0.15, 0.2) is 23.5 Å². The van der Waals surface area contributed by atoms with Gasteiger partial charge in [-0.3, -0.25) is 0 Å². The molecule has 0 amide bonds. The molecule has 1 aliphatic heterocycles. The number of primary sulfonamides is 1. The quantitative estimate of drug-likeness (QED) is 0.470. The molecule has 0 saturated carbocycles. The molecule has 1 atom stereocenters. The van der Waals surface area contributed by atoms with Crippen molar-refractivity contribution in [2.75, 3.05) is 36.9 Å². The van der Waals surface area contributed by atoms with Crippen molar-refractivity contribution in [2.24, 2.45) is 5.14 Å². The van der Waals surface area contributed by atoms with Gasteiger partial charge in [-0.25, -0.2) is 23.5 Å². The number of aromatic nitrogens is 4. The van der Waals surface area contributed by atoms with E-state index >= 15 is 0 Å². The third-order valence-corrected chi connectivity index (χ3v) is 4.42. The lowest BCUT2D eigenvalue weighted by molar-refractivity contribution is 0.0372. The number of nitrogens with one attached hydrogen (secondary N) is 3. The van der Waals surface area contributed by atoms with Crippen LogP contribution in [0.25, 0.3) is 0 Å². The minimum absolute atomic E-state index is 0.124. The predicted molar refractivity (Wildman–Crippen MR) is 94.5 cm³/mol.